The Morgan fingerprint density at radius 3 is 2.40 bits per heavy atom. The summed E-state index contributed by atoms with van der Waals surface area (Å²) < 4.78 is 65.0. The van der Waals surface area contributed by atoms with E-state index in [2.05, 4.69) is 22.7 Å². The van der Waals surface area contributed by atoms with E-state index in [9.17, 15) is 26.7 Å². The van der Waals surface area contributed by atoms with Crippen molar-refractivity contribution in [2.75, 3.05) is 11.7 Å². The molecule has 3 rings (SSSR count). The molecule has 1 aromatic rings. The Kier molecular flexibility index (Phi) is 14.6. The van der Waals surface area contributed by atoms with Crippen molar-refractivity contribution in [1.29, 1.82) is 0 Å². The SMILES string of the molecule is C=C(/C=N\N(N)c1ccc(OC2=C(F)CCC=C2)cc1C)C(=O)/C1=C/C/C=C(F)\C=C/CN1.CC.NC(=O)C(F)(F)F. The fourth-order valence-electron chi connectivity index (χ4n) is 3.15. The van der Waals surface area contributed by atoms with E-state index in [0.29, 0.717) is 36.5 Å². The van der Waals surface area contributed by atoms with Crippen LogP contribution in [0.15, 0.2) is 95.0 Å². The van der Waals surface area contributed by atoms with E-state index in [4.69, 9.17) is 15.4 Å². The molecule has 1 aliphatic heterocycles. The van der Waals surface area contributed by atoms with Crippen LogP contribution in [0, 0.1) is 6.92 Å². The van der Waals surface area contributed by atoms with Crippen LogP contribution in [0.1, 0.15) is 38.7 Å². The first-order valence-corrected chi connectivity index (χ1v) is 12.8. The van der Waals surface area contributed by atoms with Gasteiger partial charge in [0.1, 0.15) is 17.4 Å². The number of amides is 1. The van der Waals surface area contributed by atoms with Crippen LogP contribution in [0.3, 0.4) is 0 Å². The summed E-state index contributed by atoms with van der Waals surface area (Å²) in [5.41, 5.74) is 5.53. The number of primary amides is 1. The molecule has 0 bridgehead atoms. The van der Waals surface area contributed by atoms with Gasteiger partial charge in [0.25, 0.3) is 0 Å². The number of Topliss-reactive ketones (excluding diaryl/α,β-unsaturated/α-hetero) is 1. The lowest BCUT2D eigenvalue weighted by Gasteiger charge is -2.17. The Morgan fingerprint density at radius 2 is 1.81 bits per heavy atom. The van der Waals surface area contributed by atoms with E-state index in [-0.39, 0.29) is 35.2 Å². The second-order valence-corrected chi connectivity index (χ2v) is 8.29. The number of halogens is 5. The van der Waals surface area contributed by atoms with Gasteiger partial charge < -0.3 is 15.8 Å². The van der Waals surface area contributed by atoms with Crippen molar-refractivity contribution in [3.63, 3.8) is 0 Å². The molecule has 0 atom stereocenters. The van der Waals surface area contributed by atoms with Crippen LogP contribution < -0.4 is 26.7 Å². The number of hydrazone groups is 1. The first-order chi connectivity index (χ1) is 19.8. The molecular formula is C29H34F5N5O3. The number of nitrogens with one attached hydrogen (secondary N) is 1. The molecule has 5 N–H and O–H groups in total. The first kappa shape index (κ1) is 35.5. The van der Waals surface area contributed by atoms with Crippen LogP contribution in [0.25, 0.3) is 0 Å². The molecule has 0 fully saturated rings. The molecule has 0 saturated heterocycles. The standard InChI is InChI=1S/C25H26F2N4O2.C2H2F3NO.C2H6/c1-17-15-20(33-24-11-4-3-9-21(24)27)12-13-23(17)31(28)30-16-18(2)25(32)22-10-5-7-19(26)8-6-14-29-22;3-2(4,5)1(6)7;1-2/h4,6-8,10-13,15-16,29H,2-3,5,9,14,28H2,1H3;(H2,6,7);1-2H3/b8-6-,19-7+,22-10-,30-16-;;. The molecular weight excluding hydrogens is 561 g/mol. The van der Waals surface area contributed by atoms with Crippen molar-refractivity contribution in [2.24, 2.45) is 16.7 Å². The smallest absolute Gasteiger partial charge is 0.455 e. The molecule has 1 amide bonds. The summed E-state index contributed by atoms with van der Waals surface area (Å²) in [6, 6.07) is 5.07. The topological polar surface area (TPSA) is 123 Å². The number of carbonyl (C=O) groups is 2. The maximum Gasteiger partial charge on any atom is 0.470 e. The molecule has 0 unspecified atom stereocenters. The number of anilines is 1. The largest absolute Gasteiger partial charge is 0.470 e. The Hall–Kier alpha value is -4.52. The van der Waals surface area contributed by atoms with Crippen LogP contribution in [0.5, 0.6) is 5.75 Å². The number of nitrogens with two attached hydrogens (primary N) is 2. The van der Waals surface area contributed by atoms with Gasteiger partial charge in [0, 0.05) is 18.5 Å². The van der Waals surface area contributed by atoms with E-state index in [1.54, 1.807) is 36.4 Å². The molecule has 1 aliphatic carbocycles. The zero-order chi connectivity index (χ0) is 31.9. The number of carbonyl (C=O) groups excluding carboxylic acids is 2. The lowest BCUT2D eigenvalue weighted by atomic mass is 10.1. The summed E-state index contributed by atoms with van der Waals surface area (Å²) in [4.78, 5) is 21.8. The second kappa shape index (κ2) is 17.3. The number of nitrogens with zero attached hydrogens (tertiary/aromatic N) is 2. The average molecular weight is 596 g/mol. The normalized spacial score (nSPS) is 18.1. The monoisotopic (exact) mass is 595 g/mol. The Labute approximate surface area is 241 Å². The molecule has 42 heavy (non-hydrogen) atoms. The number of hydrogen-bond donors (Lipinski definition) is 3. The summed E-state index contributed by atoms with van der Waals surface area (Å²) in [5.74, 6) is 3.44. The Morgan fingerprint density at radius 1 is 1.14 bits per heavy atom. The van der Waals surface area contributed by atoms with E-state index in [1.165, 1.54) is 18.4 Å². The maximum atomic E-state index is 13.9. The summed E-state index contributed by atoms with van der Waals surface area (Å²) in [5, 5.41) is 8.16. The van der Waals surface area contributed by atoms with Gasteiger partial charge in [-0.15, -0.1) is 0 Å². The molecule has 1 heterocycles. The van der Waals surface area contributed by atoms with Gasteiger partial charge in [-0.05, 0) is 61.8 Å². The number of ketones is 1. The van der Waals surface area contributed by atoms with Crippen LogP contribution >= 0.6 is 0 Å². The van der Waals surface area contributed by atoms with Crippen LogP contribution in [-0.4, -0.2) is 30.6 Å². The third-order valence-corrected chi connectivity index (χ3v) is 5.19. The van der Waals surface area contributed by atoms with Crippen LogP contribution in [0.4, 0.5) is 27.6 Å². The van der Waals surface area contributed by atoms with Gasteiger partial charge in [0.05, 0.1) is 17.6 Å². The van der Waals surface area contributed by atoms with Crippen molar-refractivity contribution in [3.05, 3.63) is 95.5 Å². The fraction of sp³-hybridized carbons (Fsp3) is 0.276. The minimum Gasteiger partial charge on any atom is -0.455 e. The third kappa shape index (κ3) is 11.9. The number of aryl methyl sites for hydroxylation is 1. The molecule has 0 spiro atoms. The van der Waals surface area contributed by atoms with Crippen LogP contribution in [-0.2, 0) is 9.59 Å². The molecule has 0 saturated carbocycles. The first-order valence-electron chi connectivity index (χ1n) is 12.8. The molecule has 0 aromatic heterocycles. The minimum absolute atomic E-state index is 0.112. The molecule has 0 radical (unpaired) electrons. The Bertz CT molecular complexity index is 1310. The maximum absolute atomic E-state index is 13.9. The predicted octanol–water partition coefficient (Wildman–Crippen LogP) is 6.04. The van der Waals surface area contributed by atoms with Crippen LogP contribution in [0.2, 0.25) is 0 Å². The highest BCUT2D eigenvalue weighted by atomic mass is 19.4. The molecule has 228 valence electrons. The lowest BCUT2D eigenvalue weighted by molar-refractivity contribution is -0.169. The zero-order valence-electron chi connectivity index (χ0n) is 23.5. The fourth-order valence-corrected chi connectivity index (χ4v) is 3.15. The quantitative estimate of drug-likeness (QED) is 0.116. The van der Waals surface area contributed by atoms with Gasteiger partial charge in [0.2, 0.25) is 5.78 Å². The van der Waals surface area contributed by atoms with Gasteiger partial charge in [-0.3, -0.25) is 9.59 Å². The summed E-state index contributed by atoms with van der Waals surface area (Å²) >= 11 is 0. The number of hydrogen-bond acceptors (Lipinski definition) is 7. The highest BCUT2D eigenvalue weighted by molar-refractivity contribution is 6.20. The molecule has 8 nitrogen and oxygen atoms in total. The number of benzene rings is 1. The van der Waals surface area contributed by atoms with Crippen molar-refractivity contribution in [2.45, 2.75) is 46.2 Å². The van der Waals surface area contributed by atoms with Gasteiger partial charge >= 0.3 is 12.1 Å². The van der Waals surface area contributed by atoms with Gasteiger partial charge in [-0.1, -0.05) is 38.7 Å². The van der Waals surface area contributed by atoms with Gasteiger partial charge in [0.15, 0.2) is 5.76 Å². The number of alkyl halides is 3. The van der Waals surface area contributed by atoms with Gasteiger partial charge in [-0.25, -0.2) is 14.6 Å². The van der Waals surface area contributed by atoms with Crippen molar-refractivity contribution in [3.8, 4) is 5.75 Å². The highest BCUT2D eigenvalue weighted by Crippen LogP contribution is 2.28. The van der Waals surface area contributed by atoms with Crippen molar-refractivity contribution in [1.82, 2.24) is 5.32 Å². The number of hydrazine groups is 1. The van der Waals surface area contributed by atoms with Crippen molar-refractivity contribution < 1.29 is 36.3 Å². The van der Waals surface area contributed by atoms with Gasteiger partial charge in [-0.2, -0.15) is 23.4 Å². The van der Waals surface area contributed by atoms with Crippen molar-refractivity contribution >= 4 is 23.6 Å². The van der Waals surface area contributed by atoms with E-state index < -0.39 is 12.1 Å². The number of rotatable bonds is 7. The van der Waals surface area contributed by atoms with E-state index in [0.717, 1.165) is 10.7 Å². The highest BCUT2D eigenvalue weighted by Gasteiger charge is 2.35. The summed E-state index contributed by atoms with van der Waals surface area (Å²) in [6.07, 6.45) is 7.03. The minimum atomic E-state index is -4.86. The molecule has 13 heteroatoms. The number of allylic oxidation sites excluding steroid dienone is 8. The number of ether oxygens (including phenoxy) is 1. The lowest BCUT2D eigenvalue weighted by Crippen LogP contribution is -2.30. The second-order valence-electron chi connectivity index (χ2n) is 8.29. The van der Waals surface area contributed by atoms with E-state index in [1.807, 2.05) is 26.8 Å². The summed E-state index contributed by atoms with van der Waals surface area (Å²) in [7, 11) is 0. The van der Waals surface area contributed by atoms with E-state index >= 15 is 0 Å². The molecule has 2 aliphatic rings. The third-order valence-electron chi connectivity index (χ3n) is 5.19. The zero-order valence-corrected chi connectivity index (χ0v) is 23.5. The Balaban J connectivity index is 0.000000858. The average Bonchev–Trinajstić information content (AvgIpc) is 3.05. The predicted molar refractivity (Wildman–Crippen MR) is 153 cm³/mol. The summed E-state index contributed by atoms with van der Waals surface area (Å²) in [6.45, 7) is 9.87. The molecule has 1 aromatic carbocycles.